The van der Waals surface area contributed by atoms with Crippen LogP contribution in [0.5, 0.6) is 0 Å². The van der Waals surface area contributed by atoms with Gasteiger partial charge in [-0.25, -0.2) is 13.2 Å². The van der Waals surface area contributed by atoms with Crippen molar-refractivity contribution in [2.45, 2.75) is 71.1 Å². The fourth-order valence-corrected chi connectivity index (χ4v) is 4.34. The van der Waals surface area contributed by atoms with Crippen molar-refractivity contribution in [3.05, 3.63) is 70.0 Å². The molecule has 3 rings (SSSR count). The highest BCUT2D eigenvalue weighted by Crippen LogP contribution is 2.39. The quantitative estimate of drug-likeness (QED) is 0.499. The van der Waals surface area contributed by atoms with E-state index in [9.17, 15) is 13.2 Å². The van der Waals surface area contributed by atoms with Gasteiger partial charge in [0.05, 0.1) is 0 Å². The van der Waals surface area contributed by atoms with Gasteiger partial charge in [0.15, 0.2) is 11.6 Å². The van der Waals surface area contributed by atoms with Gasteiger partial charge in [0.1, 0.15) is 5.82 Å². The lowest BCUT2D eigenvalue weighted by Gasteiger charge is -2.29. The van der Waals surface area contributed by atoms with Crippen LogP contribution in [0, 0.1) is 30.3 Å². The monoisotopic (exact) mass is 374 g/mol. The molecule has 2 aromatic carbocycles. The van der Waals surface area contributed by atoms with Gasteiger partial charge >= 0.3 is 0 Å². The van der Waals surface area contributed by atoms with E-state index in [0.717, 1.165) is 62.5 Å². The largest absolute Gasteiger partial charge is 0.207 e. The van der Waals surface area contributed by atoms with Crippen LogP contribution in [0.25, 0.3) is 0 Å². The van der Waals surface area contributed by atoms with Gasteiger partial charge in [-0.2, -0.15) is 0 Å². The van der Waals surface area contributed by atoms with Crippen LogP contribution >= 0.6 is 0 Å². The topological polar surface area (TPSA) is 0 Å². The summed E-state index contributed by atoms with van der Waals surface area (Å²) >= 11 is 0. The van der Waals surface area contributed by atoms with Gasteiger partial charge in [-0.3, -0.25) is 0 Å². The highest BCUT2D eigenvalue weighted by atomic mass is 19.2. The van der Waals surface area contributed by atoms with Gasteiger partial charge < -0.3 is 0 Å². The Morgan fingerprint density at radius 1 is 0.889 bits per heavy atom. The third-order valence-corrected chi connectivity index (χ3v) is 6.07. The lowest BCUT2D eigenvalue weighted by molar-refractivity contribution is 0.304. The molecule has 1 aliphatic rings. The van der Waals surface area contributed by atoms with E-state index in [1.165, 1.54) is 0 Å². The summed E-state index contributed by atoms with van der Waals surface area (Å²) in [5.74, 6) is -0.841. The molecule has 0 aromatic heterocycles. The SMILES string of the molecule is CCCc1ccc(CCC2CCC(c3ccc(C)c(F)c3F)CC2)c(F)c1. The second kappa shape index (κ2) is 8.95. The zero-order chi connectivity index (χ0) is 19.4. The van der Waals surface area contributed by atoms with E-state index < -0.39 is 11.6 Å². The Morgan fingerprint density at radius 2 is 1.63 bits per heavy atom. The lowest BCUT2D eigenvalue weighted by Crippen LogP contribution is -2.16. The molecule has 0 atom stereocenters. The molecule has 1 aliphatic carbocycles. The average molecular weight is 374 g/mol. The minimum atomic E-state index is -0.711. The average Bonchev–Trinajstić information content (AvgIpc) is 2.66. The van der Waals surface area contributed by atoms with Crippen molar-refractivity contribution in [1.29, 1.82) is 0 Å². The molecule has 0 amide bonds. The molecule has 0 N–H and O–H groups in total. The number of hydrogen-bond acceptors (Lipinski definition) is 0. The van der Waals surface area contributed by atoms with Crippen molar-refractivity contribution in [1.82, 2.24) is 0 Å². The third-order valence-electron chi connectivity index (χ3n) is 6.07. The van der Waals surface area contributed by atoms with E-state index in [4.69, 9.17) is 0 Å². The molecule has 1 saturated carbocycles. The number of rotatable bonds is 6. The van der Waals surface area contributed by atoms with Crippen LogP contribution in [0.2, 0.25) is 0 Å². The molecular weight excluding hydrogens is 345 g/mol. The summed E-state index contributed by atoms with van der Waals surface area (Å²) in [6.07, 6.45) is 7.39. The maximum atomic E-state index is 14.2. The molecular formula is C24H29F3. The van der Waals surface area contributed by atoms with Crippen molar-refractivity contribution in [2.24, 2.45) is 5.92 Å². The minimum Gasteiger partial charge on any atom is -0.207 e. The van der Waals surface area contributed by atoms with E-state index in [-0.39, 0.29) is 11.7 Å². The summed E-state index contributed by atoms with van der Waals surface area (Å²) < 4.78 is 42.3. The normalized spacial score (nSPS) is 20.0. The molecule has 0 aliphatic heterocycles. The zero-order valence-electron chi connectivity index (χ0n) is 16.3. The van der Waals surface area contributed by atoms with Crippen LogP contribution in [-0.4, -0.2) is 0 Å². The van der Waals surface area contributed by atoms with Crippen molar-refractivity contribution in [3.63, 3.8) is 0 Å². The van der Waals surface area contributed by atoms with Crippen LogP contribution in [0.3, 0.4) is 0 Å². The van der Waals surface area contributed by atoms with Gasteiger partial charge in [0, 0.05) is 0 Å². The van der Waals surface area contributed by atoms with Gasteiger partial charge in [-0.15, -0.1) is 0 Å². The number of aryl methyl sites for hydroxylation is 3. The van der Waals surface area contributed by atoms with Crippen molar-refractivity contribution in [3.8, 4) is 0 Å². The maximum absolute atomic E-state index is 14.2. The molecule has 0 unspecified atom stereocenters. The minimum absolute atomic E-state index is 0.0909. The third kappa shape index (κ3) is 4.75. The zero-order valence-corrected chi connectivity index (χ0v) is 16.3. The molecule has 0 saturated heterocycles. The maximum Gasteiger partial charge on any atom is 0.162 e. The fourth-order valence-electron chi connectivity index (χ4n) is 4.34. The first-order chi connectivity index (χ1) is 13.0. The van der Waals surface area contributed by atoms with Crippen LogP contribution in [0.1, 0.15) is 73.6 Å². The number of hydrogen-bond donors (Lipinski definition) is 0. The Hall–Kier alpha value is -1.77. The van der Waals surface area contributed by atoms with Crippen molar-refractivity contribution in [2.75, 3.05) is 0 Å². The predicted octanol–water partition coefficient (Wildman–Crippen LogP) is 7.27. The molecule has 0 bridgehead atoms. The Bertz CT molecular complexity index is 773. The van der Waals surface area contributed by atoms with Crippen LogP contribution in [0.4, 0.5) is 13.2 Å². The molecule has 0 radical (unpaired) electrons. The summed E-state index contributed by atoms with van der Waals surface area (Å²) in [4.78, 5) is 0. The summed E-state index contributed by atoms with van der Waals surface area (Å²) in [6.45, 7) is 3.69. The van der Waals surface area contributed by atoms with Crippen LogP contribution in [0.15, 0.2) is 30.3 Å². The molecule has 1 fully saturated rings. The molecule has 146 valence electrons. The summed E-state index contributed by atoms with van der Waals surface area (Å²) in [5, 5.41) is 0. The molecule has 27 heavy (non-hydrogen) atoms. The van der Waals surface area contributed by atoms with Crippen molar-refractivity contribution < 1.29 is 13.2 Å². The van der Waals surface area contributed by atoms with E-state index in [0.29, 0.717) is 17.0 Å². The Kier molecular flexibility index (Phi) is 6.62. The molecule has 0 spiro atoms. The van der Waals surface area contributed by atoms with E-state index in [1.807, 2.05) is 12.1 Å². The molecule has 3 heteroatoms. The Morgan fingerprint density at radius 3 is 2.30 bits per heavy atom. The highest BCUT2D eigenvalue weighted by molar-refractivity contribution is 5.28. The standard InChI is InChI=1S/C24H29F3/c1-3-4-18-9-13-20(22(25)15-18)12-8-17-6-10-19(11-7-17)21-14-5-16(2)23(26)24(21)27/h5,9,13-15,17,19H,3-4,6-8,10-12H2,1-2H3. The highest BCUT2D eigenvalue weighted by Gasteiger charge is 2.26. The van der Waals surface area contributed by atoms with Gasteiger partial charge in [0.25, 0.3) is 0 Å². The summed E-state index contributed by atoms with van der Waals surface area (Å²) in [6, 6.07) is 9.05. The Labute approximate surface area is 160 Å². The van der Waals surface area contributed by atoms with E-state index >= 15 is 0 Å². The lowest BCUT2D eigenvalue weighted by atomic mass is 9.76. The number of halogens is 3. The molecule has 0 heterocycles. The van der Waals surface area contributed by atoms with Gasteiger partial charge in [0.2, 0.25) is 0 Å². The fraction of sp³-hybridized carbons (Fsp3) is 0.500. The number of benzene rings is 2. The van der Waals surface area contributed by atoms with Crippen LogP contribution < -0.4 is 0 Å². The predicted molar refractivity (Wildman–Crippen MR) is 105 cm³/mol. The first kappa shape index (κ1) is 20.0. The molecule has 0 nitrogen and oxygen atoms in total. The molecule has 2 aromatic rings. The smallest absolute Gasteiger partial charge is 0.162 e. The van der Waals surface area contributed by atoms with Crippen LogP contribution in [-0.2, 0) is 12.8 Å². The summed E-state index contributed by atoms with van der Waals surface area (Å²) in [5.41, 5.74) is 2.74. The Balaban J connectivity index is 1.54. The second-order valence-electron chi connectivity index (χ2n) is 8.03. The summed E-state index contributed by atoms with van der Waals surface area (Å²) in [7, 11) is 0. The first-order valence-electron chi connectivity index (χ1n) is 10.2. The van der Waals surface area contributed by atoms with Crippen molar-refractivity contribution >= 4 is 0 Å². The van der Waals surface area contributed by atoms with E-state index in [2.05, 4.69) is 6.92 Å². The first-order valence-corrected chi connectivity index (χ1v) is 10.2. The van der Waals surface area contributed by atoms with E-state index in [1.54, 1.807) is 25.1 Å². The second-order valence-corrected chi connectivity index (χ2v) is 8.03. The van der Waals surface area contributed by atoms with Gasteiger partial charge in [-0.05, 0) is 92.0 Å². The van der Waals surface area contributed by atoms with Gasteiger partial charge in [-0.1, -0.05) is 37.6 Å².